The Hall–Kier alpha value is -2.34. The molecule has 6 nitrogen and oxygen atoms in total. The molecule has 6 heteroatoms. The van der Waals surface area contributed by atoms with Crippen molar-refractivity contribution in [2.75, 3.05) is 33.9 Å². The van der Waals surface area contributed by atoms with Gasteiger partial charge >= 0.3 is 0 Å². The number of nitrogens with one attached hydrogen (secondary N) is 1. The number of imidazole rings is 1. The van der Waals surface area contributed by atoms with Gasteiger partial charge in [0.25, 0.3) is 0 Å². The van der Waals surface area contributed by atoms with Gasteiger partial charge in [-0.05, 0) is 17.5 Å². The van der Waals surface area contributed by atoms with Crippen molar-refractivity contribution in [3.8, 4) is 0 Å². The highest BCUT2D eigenvalue weighted by Crippen LogP contribution is 2.16. The number of rotatable bonds is 6. The van der Waals surface area contributed by atoms with Gasteiger partial charge in [0.2, 0.25) is 0 Å². The lowest BCUT2D eigenvalue weighted by atomic mass is 10.1. The smallest absolute Gasteiger partial charge is 0.193 e. The third kappa shape index (κ3) is 4.82. The molecule has 0 radical (unpaired) electrons. The SMILES string of the molecule is CN=C(NCc1ccc(Cn2ccnc2)cc1)N1CCC(COC)C1. The largest absolute Gasteiger partial charge is 0.384 e. The van der Waals surface area contributed by atoms with Crippen molar-refractivity contribution >= 4 is 5.96 Å². The Bertz CT molecular complexity index is 666. The van der Waals surface area contributed by atoms with E-state index in [2.05, 4.69) is 49.0 Å². The van der Waals surface area contributed by atoms with Gasteiger partial charge in [-0.15, -0.1) is 0 Å². The summed E-state index contributed by atoms with van der Waals surface area (Å²) in [6, 6.07) is 8.68. The summed E-state index contributed by atoms with van der Waals surface area (Å²) in [5.74, 6) is 1.58. The molecule has 0 spiro atoms. The van der Waals surface area contributed by atoms with E-state index in [9.17, 15) is 0 Å². The average molecular weight is 341 g/mol. The van der Waals surface area contributed by atoms with Gasteiger partial charge in [-0.3, -0.25) is 4.99 Å². The first-order chi connectivity index (χ1) is 12.3. The van der Waals surface area contributed by atoms with E-state index >= 15 is 0 Å². The van der Waals surface area contributed by atoms with Crippen molar-refractivity contribution in [1.29, 1.82) is 0 Å². The summed E-state index contributed by atoms with van der Waals surface area (Å²) < 4.78 is 7.34. The van der Waals surface area contributed by atoms with Crippen LogP contribution in [-0.4, -0.2) is 54.3 Å². The lowest BCUT2D eigenvalue weighted by Crippen LogP contribution is -2.39. The van der Waals surface area contributed by atoms with Crippen LogP contribution in [0.2, 0.25) is 0 Å². The van der Waals surface area contributed by atoms with Crippen LogP contribution in [0.5, 0.6) is 0 Å². The summed E-state index contributed by atoms with van der Waals surface area (Å²) in [7, 11) is 3.62. The first kappa shape index (κ1) is 17.5. The van der Waals surface area contributed by atoms with E-state index in [0.717, 1.165) is 45.2 Å². The molecular formula is C19H27N5O. The Morgan fingerprint density at radius 1 is 1.32 bits per heavy atom. The van der Waals surface area contributed by atoms with Crippen LogP contribution in [0.3, 0.4) is 0 Å². The fraction of sp³-hybridized carbons (Fsp3) is 0.474. The molecule has 1 atom stereocenters. The van der Waals surface area contributed by atoms with Crippen molar-refractivity contribution in [3.05, 3.63) is 54.1 Å². The molecule has 1 saturated heterocycles. The minimum absolute atomic E-state index is 0.603. The molecule has 0 bridgehead atoms. The van der Waals surface area contributed by atoms with Gasteiger partial charge in [0, 0.05) is 58.6 Å². The Labute approximate surface area is 149 Å². The number of benzene rings is 1. The standard InChI is InChI=1S/C19H27N5O/c1-20-19(24-9-7-18(13-24)14-25-2)22-11-16-3-5-17(6-4-16)12-23-10-8-21-15-23/h3-6,8,10,15,18H,7,9,11-14H2,1-2H3,(H,20,22). The molecule has 0 aliphatic carbocycles. The Morgan fingerprint density at radius 3 is 2.80 bits per heavy atom. The molecule has 1 aromatic carbocycles. The molecule has 0 amide bonds. The predicted molar refractivity (Wildman–Crippen MR) is 99.5 cm³/mol. The molecular weight excluding hydrogens is 314 g/mol. The third-order valence-electron chi connectivity index (χ3n) is 4.60. The fourth-order valence-electron chi connectivity index (χ4n) is 3.26. The van der Waals surface area contributed by atoms with Crippen molar-refractivity contribution in [2.24, 2.45) is 10.9 Å². The number of hydrogen-bond acceptors (Lipinski definition) is 3. The minimum atomic E-state index is 0.603. The van der Waals surface area contributed by atoms with Gasteiger partial charge < -0.3 is 19.5 Å². The van der Waals surface area contributed by atoms with E-state index in [-0.39, 0.29) is 0 Å². The van der Waals surface area contributed by atoms with Crippen molar-refractivity contribution in [1.82, 2.24) is 19.8 Å². The van der Waals surface area contributed by atoms with E-state index in [4.69, 9.17) is 4.74 Å². The summed E-state index contributed by atoms with van der Waals surface area (Å²) in [6.45, 7) is 4.51. The van der Waals surface area contributed by atoms with Gasteiger partial charge in [-0.25, -0.2) is 4.98 Å². The van der Waals surface area contributed by atoms with E-state index in [0.29, 0.717) is 5.92 Å². The van der Waals surface area contributed by atoms with E-state index in [1.807, 2.05) is 19.6 Å². The lowest BCUT2D eigenvalue weighted by Gasteiger charge is -2.21. The van der Waals surface area contributed by atoms with Crippen LogP contribution in [0.1, 0.15) is 17.5 Å². The molecule has 134 valence electrons. The Balaban J connectivity index is 1.50. The lowest BCUT2D eigenvalue weighted by molar-refractivity contribution is 0.157. The number of hydrogen-bond donors (Lipinski definition) is 1. The van der Waals surface area contributed by atoms with Crippen LogP contribution in [0, 0.1) is 5.92 Å². The second-order valence-electron chi connectivity index (χ2n) is 6.51. The second kappa shape index (κ2) is 8.67. The molecule has 1 aliphatic heterocycles. The maximum Gasteiger partial charge on any atom is 0.193 e. The highest BCUT2D eigenvalue weighted by molar-refractivity contribution is 5.80. The molecule has 3 rings (SSSR count). The summed E-state index contributed by atoms with van der Waals surface area (Å²) >= 11 is 0. The topological polar surface area (TPSA) is 54.7 Å². The first-order valence-electron chi connectivity index (χ1n) is 8.76. The zero-order chi connectivity index (χ0) is 17.5. The maximum atomic E-state index is 5.27. The van der Waals surface area contributed by atoms with Crippen LogP contribution in [0.25, 0.3) is 0 Å². The zero-order valence-electron chi connectivity index (χ0n) is 15.1. The highest BCUT2D eigenvalue weighted by Gasteiger charge is 2.24. The van der Waals surface area contributed by atoms with Crippen molar-refractivity contribution in [2.45, 2.75) is 19.5 Å². The van der Waals surface area contributed by atoms with E-state index in [1.54, 1.807) is 13.3 Å². The molecule has 1 N–H and O–H groups in total. The number of nitrogens with zero attached hydrogens (tertiary/aromatic N) is 4. The average Bonchev–Trinajstić information content (AvgIpc) is 3.30. The first-order valence-corrected chi connectivity index (χ1v) is 8.76. The zero-order valence-corrected chi connectivity index (χ0v) is 15.1. The number of likely N-dealkylation sites (tertiary alicyclic amines) is 1. The molecule has 2 aromatic rings. The highest BCUT2D eigenvalue weighted by atomic mass is 16.5. The van der Waals surface area contributed by atoms with Crippen molar-refractivity contribution < 1.29 is 4.74 Å². The monoisotopic (exact) mass is 341 g/mol. The number of aliphatic imine (C=N–C) groups is 1. The fourth-order valence-corrected chi connectivity index (χ4v) is 3.26. The molecule has 1 fully saturated rings. The van der Waals surface area contributed by atoms with E-state index < -0.39 is 0 Å². The van der Waals surface area contributed by atoms with Crippen LogP contribution >= 0.6 is 0 Å². The predicted octanol–water partition coefficient (Wildman–Crippen LogP) is 1.98. The molecule has 1 aliphatic rings. The summed E-state index contributed by atoms with van der Waals surface area (Å²) in [5, 5.41) is 3.48. The molecule has 2 heterocycles. The second-order valence-corrected chi connectivity index (χ2v) is 6.51. The number of aromatic nitrogens is 2. The summed E-state index contributed by atoms with van der Waals surface area (Å²) in [6.07, 6.45) is 6.79. The van der Waals surface area contributed by atoms with Crippen molar-refractivity contribution in [3.63, 3.8) is 0 Å². The number of guanidine groups is 1. The number of methoxy groups -OCH3 is 1. The van der Waals surface area contributed by atoms with Gasteiger partial charge in [0.05, 0.1) is 12.9 Å². The Morgan fingerprint density at radius 2 is 2.12 bits per heavy atom. The number of ether oxygens (including phenoxy) is 1. The summed E-state index contributed by atoms with van der Waals surface area (Å²) in [4.78, 5) is 10.8. The molecule has 1 aromatic heterocycles. The van der Waals surface area contributed by atoms with Gasteiger partial charge in [-0.1, -0.05) is 24.3 Å². The quantitative estimate of drug-likeness (QED) is 0.645. The maximum absolute atomic E-state index is 5.27. The van der Waals surface area contributed by atoms with Crippen LogP contribution in [-0.2, 0) is 17.8 Å². The van der Waals surface area contributed by atoms with Crippen LogP contribution in [0.15, 0.2) is 48.0 Å². The van der Waals surface area contributed by atoms with Crippen LogP contribution < -0.4 is 5.32 Å². The van der Waals surface area contributed by atoms with E-state index in [1.165, 1.54) is 11.1 Å². The molecule has 25 heavy (non-hydrogen) atoms. The molecule has 0 saturated carbocycles. The summed E-state index contributed by atoms with van der Waals surface area (Å²) in [5.41, 5.74) is 2.52. The van der Waals surface area contributed by atoms with Gasteiger partial charge in [-0.2, -0.15) is 0 Å². The third-order valence-corrected chi connectivity index (χ3v) is 4.60. The van der Waals surface area contributed by atoms with Gasteiger partial charge in [0.1, 0.15) is 0 Å². The molecule has 1 unspecified atom stereocenters. The normalized spacial score (nSPS) is 17.9. The van der Waals surface area contributed by atoms with Gasteiger partial charge in [0.15, 0.2) is 5.96 Å². The van der Waals surface area contributed by atoms with Crippen LogP contribution in [0.4, 0.5) is 0 Å². The minimum Gasteiger partial charge on any atom is -0.384 e. The Kier molecular flexibility index (Phi) is 6.06.